The highest BCUT2D eigenvalue weighted by Crippen LogP contribution is 2.34. The highest BCUT2D eigenvalue weighted by atomic mass is 32.2. The summed E-state index contributed by atoms with van der Waals surface area (Å²) in [6.07, 6.45) is 5.77. The summed E-state index contributed by atoms with van der Waals surface area (Å²) in [6.45, 7) is 6.03. The van der Waals surface area contributed by atoms with E-state index < -0.39 is 5.97 Å². The molecular weight excluding hydrogens is 414 g/mol. The Morgan fingerprint density at radius 3 is 2.40 bits per heavy atom. The van der Waals surface area contributed by atoms with Crippen LogP contribution in [0.1, 0.15) is 37.0 Å². The summed E-state index contributed by atoms with van der Waals surface area (Å²) in [5.41, 5.74) is 2.94. The SMILES string of the molecule is CC[C@H](C)N1C(=O)/C(=C/c2ccc(OC(=O)/C=C/c3ccc(C)cc3)cc2)SC1=S. The highest BCUT2D eigenvalue weighted by Gasteiger charge is 2.34. The second-order valence-electron chi connectivity index (χ2n) is 7.04. The van der Waals surface area contributed by atoms with Gasteiger partial charge < -0.3 is 4.74 Å². The summed E-state index contributed by atoms with van der Waals surface area (Å²) in [4.78, 5) is 26.9. The van der Waals surface area contributed by atoms with Gasteiger partial charge in [0, 0.05) is 12.1 Å². The first-order chi connectivity index (χ1) is 14.4. The average Bonchev–Trinajstić information content (AvgIpc) is 3.01. The molecule has 3 rings (SSSR count). The van der Waals surface area contributed by atoms with Crippen LogP contribution in [0.3, 0.4) is 0 Å². The molecule has 1 heterocycles. The van der Waals surface area contributed by atoms with Crippen molar-refractivity contribution in [2.24, 2.45) is 0 Å². The van der Waals surface area contributed by atoms with Gasteiger partial charge >= 0.3 is 5.97 Å². The number of hydrogen-bond donors (Lipinski definition) is 0. The van der Waals surface area contributed by atoms with E-state index >= 15 is 0 Å². The Hall–Kier alpha value is -2.70. The van der Waals surface area contributed by atoms with Crippen molar-refractivity contribution >= 4 is 52.3 Å². The molecular formula is C24H23NO3S2. The molecule has 6 heteroatoms. The molecule has 0 saturated carbocycles. The standard InChI is InChI=1S/C24H23NO3S2/c1-4-17(3)25-23(27)21(30-24(25)29)15-19-9-12-20(13-10-19)28-22(26)14-11-18-7-5-16(2)6-8-18/h5-15,17H,4H2,1-3H3/b14-11+,21-15-/t17-/m0/s1. The van der Waals surface area contributed by atoms with Gasteiger partial charge in [0.2, 0.25) is 0 Å². The van der Waals surface area contributed by atoms with E-state index in [0.717, 1.165) is 23.1 Å². The number of benzene rings is 2. The van der Waals surface area contributed by atoms with Gasteiger partial charge in [0.05, 0.1) is 4.91 Å². The van der Waals surface area contributed by atoms with Crippen molar-refractivity contribution in [1.29, 1.82) is 0 Å². The van der Waals surface area contributed by atoms with E-state index in [2.05, 4.69) is 0 Å². The molecule has 1 aliphatic rings. The predicted octanol–water partition coefficient (Wildman–Crippen LogP) is 5.61. The van der Waals surface area contributed by atoms with Crippen LogP contribution in [-0.2, 0) is 9.59 Å². The van der Waals surface area contributed by atoms with Gasteiger partial charge in [-0.25, -0.2) is 4.79 Å². The molecule has 4 nitrogen and oxygen atoms in total. The van der Waals surface area contributed by atoms with E-state index in [1.807, 2.05) is 63.2 Å². The van der Waals surface area contributed by atoms with Gasteiger partial charge in [0.1, 0.15) is 10.1 Å². The third kappa shape index (κ3) is 5.46. The Morgan fingerprint density at radius 1 is 1.13 bits per heavy atom. The van der Waals surface area contributed by atoms with Crippen LogP contribution in [0.25, 0.3) is 12.2 Å². The lowest BCUT2D eigenvalue weighted by molar-refractivity contribution is -0.129. The lowest BCUT2D eigenvalue weighted by Gasteiger charge is -2.21. The molecule has 1 saturated heterocycles. The van der Waals surface area contributed by atoms with E-state index in [9.17, 15) is 9.59 Å². The van der Waals surface area contributed by atoms with Crippen molar-refractivity contribution in [2.75, 3.05) is 0 Å². The van der Waals surface area contributed by atoms with E-state index in [4.69, 9.17) is 17.0 Å². The quantitative estimate of drug-likeness (QED) is 0.254. The molecule has 0 unspecified atom stereocenters. The summed E-state index contributed by atoms with van der Waals surface area (Å²) in [6, 6.07) is 15.0. The number of rotatable bonds is 6. The summed E-state index contributed by atoms with van der Waals surface area (Å²) in [5.74, 6) is -0.0632. The summed E-state index contributed by atoms with van der Waals surface area (Å²) >= 11 is 6.67. The maximum Gasteiger partial charge on any atom is 0.336 e. The number of carbonyl (C=O) groups excluding carboxylic acids is 2. The van der Waals surface area contributed by atoms with Crippen molar-refractivity contribution < 1.29 is 14.3 Å². The van der Waals surface area contributed by atoms with Crippen LogP contribution < -0.4 is 4.74 Å². The average molecular weight is 438 g/mol. The van der Waals surface area contributed by atoms with Crippen molar-refractivity contribution in [3.8, 4) is 5.75 Å². The van der Waals surface area contributed by atoms with Crippen LogP contribution in [0.5, 0.6) is 5.75 Å². The van der Waals surface area contributed by atoms with E-state index in [1.54, 1.807) is 23.1 Å². The fourth-order valence-corrected chi connectivity index (χ4v) is 4.28. The minimum absolute atomic E-state index is 0.0592. The smallest absolute Gasteiger partial charge is 0.336 e. The minimum atomic E-state index is -0.447. The van der Waals surface area contributed by atoms with Crippen molar-refractivity contribution in [1.82, 2.24) is 4.90 Å². The second kappa shape index (κ2) is 9.87. The maximum absolute atomic E-state index is 12.6. The molecule has 2 aromatic carbocycles. The van der Waals surface area contributed by atoms with Crippen LogP contribution in [0.4, 0.5) is 0 Å². The van der Waals surface area contributed by atoms with E-state index in [-0.39, 0.29) is 11.9 Å². The number of amides is 1. The molecule has 0 bridgehead atoms. The molecule has 0 spiro atoms. The van der Waals surface area contributed by atoms with Gasteiger partial charge in [-0.05, 0) is 55.7 Å². The number of nitrogens with zero attached hydrogens (tertiary/aromatic N) is 1. The molecule has 154 valence electrons. The molecule has 1 fully saturated rings. The fourth-order valence-electron chi connectivity index (χ4n) is 2.82. The van der Waals surface area contributed by atoms with Gasteiger partial charge in [-0.2, -0.15) is 0 Å². The number of aryl methyl sites for hydroxylation is 1. The first kappa shape index (κ1) is 22.0. The third-order valence-electron chi connectivity index (χ3n) is 4.74. The second-order valence-corrected chi connectivity index (χ2v) is 8.72. The Morgan fingerprint density at radius 2 is 1.77 bits per heavy atom. The monoisotopic (exact) mass is 437 g/mol. The van der Waals surface area contributed by atoms with Crippen LogP contribution in [0, 0.1) is 6.92 Å². The normalized spacial score (nSPS) is 16.5. The molecule has 30 heavy (non-hydrogen) atoms. The Labute approximate surface area is 186 Å². The zero-order valence-electron chi connectivity index (χ0n) is 17.1. The fraction of sp³-hybridized carbons (Fsp3) is 0.208. The number of ether oxygens (including phenoxy) is 1. The number of thiocarbonyl (C=S) groups is 1. The molecule has 0 N–H and O–H groups in total. The number of thioether (sulfide) groups is 1. The van der Waals surface area contributed by atoms with E-state index in [1.165, 1.54) is 17.8 Å². The zero-order chi connectivity index (χ0) is 21.7. The van der Waals surface area contributed by atoms with Gasteiger partial charge in [0.15, 0.2) is 0 Å². The summed E-state index contributed by atoms with van der Waals surface area (Å²) in [7, 11) is 0. The van der Waals surface area contributed by atoms with Crippen LogP contribution in [-0.4, -0.2) is 27.1 Å². The Bertz CT molecular complexity index is 1010. The number of hydrogen-bond acceptors (Lipinski definition) is 5. The van der Waals surface area contributed by atoms with Gasteiger partial charge in [0.25, 0.3) is 5.91 Å². The Kier molecular flexibility index (Phi) is 7.24. The molecule has 1 aliphatic heterocycles. The van der Waals surface area contributed by atoms with E-state index in [0.29, 0.717) is 15.0 Å². The largest absolute Gasteiger partial charge is 0.423 e. The zero-order valence-corrected chi connectivity index (χ0v) is 18.8. The van der Waals surface area contributed by atoms with Gasteiger partial charge in [-0.1, -0.05) is 72.9 Å². The van der Waals surface area contributed by atoms with Crippen molar-refractivity contribution in [2.45, 2.75) is 33.2 Å². The summed E-state index contributed by atoms with van der Waals surface area (Å²) < 4.78 is 5.93. The number of carbonyl (C=O) groups is 2. The molecule has 0 radical (unpaired) electrons. The van der Waals surface area contributed by atoms with Gasteiger partial charge in [-0.3, -0.25) is 9.69 Å². The van der Waals surface area contributed by atoms with Gasteiger partial charge in [-0.15, -0.1) is 0 Å². The lowest BCUT2D eigenvalue weighted by Crippen LogP contribution is -2.36. The minimum Gasteiger partial charge on any atom is -0.423 e. The van der Waals surface area contributed by atoms with Crippen molar-refractivity contribution in [3.63, 3.8) is 0 Å². The topological polar surface area (TPSA) is 46.6 Å². The first-order valence-corrected chi connectivity index (χ1v) is 10.9. The van der Waals surface area contributed by atoms with Crippen LogP contribution >= 0.6 is 24.0 Å². The Balaban J connectivity index is 1.63. The predicted molar refractivity (Wildman–Crippen MR) is 127 cm³/mol. The van der Waals surface area contributed by atoms with Crippen molar-refractivity contribution in [3.05, 3.63) is 76.2 Å². The molecule has 0 aromatic heterocycles. The molecule has 1 atom stereocenters. The highest BCUT2D eigenvalue weighted by molar-refractivity contribution is 8.26. The first-order valence-electron chi connectivity index (χ1n) is 9.71. The number of esters is 1. The van der Waals surface area contributed by atoms with Crippen LogP contribution in [0.15, 0.2) is 59.5 Å². The van der Waals surface area contributed by atoms with Crippen LogP contribution in [0.2, 0.25) is 0 Å². The maximum atomic E-state index is 12.6. The summed E-state index contributed by atoms with van der Waals surface area (Å²) in [5, 5.41) is 0. The third-order valence-corrected chi connectivity index (χ3v) is 6.07. The molecule has 1 amide bonds. The lowest BCUT2D eigenvalue weighted by atomic mass is 10.1. The molecule has 2 aromatic rings. The molecule has 0 aliphatic carbocycles.